The number of rotatable bonds is 1. The van der Waals surface area contributed by atoms with Gasteiger partial charge < -0.3 is 10.0 Å². The third-order valence-electron chi connectivity index (χ3n) is 2.47. The molecule has 0 saturated carbocycles. The number of aliphatic hydroxyl groups excluding tert-OH is 1. The predicted octanol–water partition coefficient (Wildman–Crippen LogP) is 0.236. The van der Waals surface area contributed by atoms with Crippen LogP contribution in [-0.4, -0.2) is 35.1 Å². The lowest BCUT2D eigenvalue weighted by Crippen LogP contribution is -2.38. The number of carbonyl (C=O) groups is 1. The first-order chi connectivity index (χ1) is 5.16. The SMILES string of the molecule is CC(=O)N1CC[C@H](C)[C@H]1CO. The van der Waals surface area contributed by atoms with Crippen LogP contribution >= 0.6 is 0 Å². The third-order valence-corrected chi connectivity index (χ3v) is 2.47. The van der Waals surface area contributed by atoms with Crippen molar-refractivity contribution in [2.24, 2.45) is 5.92 Å². The fourth-order valence-corrected chi connectivity index (χ4v) is 1.68. The van der Waals surface area contributed by atoms with Crippen LogP contribution in [0.5, 0.6) is 0 Å². The van der Waals surface area contributed by atoms with E-state index in [-0.39, 0.29) is 18.6 Å². The molecule has 1 aliphatic heterocycles. The normalized spacial score (nSPS) is 31.0. The van der Waals surface area contributed by atoms with E-state index in [0.29, 0.717) is 5.92 Å². The van der Waals surface area contributed by atoms with Gasteiger partial charge in [-0.25, -0.2) is 0 Å². The summed E-state index contributed by atoms with van der Waals surface area (Å²) in [6, 6.07) is 0.0625. The van der Waals surface area contributed by atoms with Crippen LogP contribution in [0.25, 0.3) is 0 Å². The molecule has 0 aliphatic carbocycles. The zero-order chi connectivity index (χ0) is 8.43. The molecule has 1 rings (SSSR count). The van der Waals surface area contributed by atoms with E-state index >= 15 is 0 Å². The van der Waals surface area contributed by atoms with Crippen LogP contribution in [0.4, 0.5) is 0 Å². The van der Waals surface area contributed by atoms with Gasteiger partial charge in [0, 0.05) is 13.5 Å². The van der Waals surface area contributed by atoms with Crippen LogP contribution in [0.2, 0.25) is 0 Å². The second-order valence-corrected chi connectivity index (χ2v) is 3.23. The molecular formula is C8H15NO2. The summed E-state index contributed by atoms with van der Waals surface area (Å²) < 4.78 is 0. The lowest BCUT2D eigenvalue weighted by atomic mass is 10.0. The van der Waals surface area contributed by atoms with Gasteiger partial charge in [-0.3, -0.25) is 4.79 Å². The molecular weight excluding hydrogens is 142 g/mol. The molecule has 1 amide bonds. The maximum atomic E-state index is 11.0. The van der Waals surface area contributed by atoms with E-state index in [4.69, 9.17) is 5.11 Å². The van der Waals surface area contributed by atoms with Crippen molar-refractivity contribution in [2.45, 2.75) is 26.3 Å². The number of hydrogen-bond donors (Lipinski definition) is 1. The molecule has 64 valence electrons. The summed E-state index contributed by atoms with van der Waals surface area (Å²) in [6.07, 6.45) is 1.02. The Morgan fingerprint density at radius 2 is 2.36 bits per heavy atom. The largest absolute Gasteiger partial charge is 0.394 e. The highest BCUT2D eigenvalue weighted by Crippen LogP contribution is 2.22. The van der Waals surface area contributed by atoms with Gasteiger partial charge in [0.2, 0.25) is 5.91 Å². The molecule has 3 nitrogen and oxygen atoms in total. The Hall–Kier alpha value is -0.570. The van der Waals surface area contributed by atoms with Gasteiger partial charge in [-0.05, 0) is 12.3 Å². The van der Waals surface area contributed by atoms with Crippen LogP contribution in [0.15, 0.2) is 0 Å². The topological polar surface area (TPSA) is 40.5 Å². The molecule has 0 bridgehead atoms. The maximum absolute atomic E-state index is 11.0. The number of carbonyl (C=O) groups excluding carboxylic acids is 1. The number of likely N-dealkylation sites (tertiary alicyclic amines) is 1. The van der Waals surface area contributed by atoms with Gasteiger partial charge in [-0.1, -0.05) is 6.92 Å². The van der Waals surface area contributed by atoms with Gasteiger partial charge >= 0.3 is 0 Å². The molecule has 1 fully saturated rings. The second kappa shape index (κ2) is 3.22. The van der Waals surface area contributed by atoms with E-state index < -0.39 is 0 Å². The van der Waals surface area contributed by atoms with Crippen molar-refractivity contribution in [3.63, 3.8) is 0 Å². The highest BCUT2D eigenvalue weighted by atomic mass is 16.3. The number of hydrogen-bond acceptors (Lipinski definition) is 2. The van der Waals surface area contributed by atoms with E-state index in [1.807, 2.05) is 0 Å². The zero-order valence-corrected chi connectivity index (χ0v) is 7.08. The first kappa shape index (κ1) is 8.53. The molecule has 11 heavy (non-hydrogen) atoms. The lowest BCUT2D eigenvalue weighted by molar-refractivity contribution is -0.130. The first-order valence-corrected chi connectivity index (χ1v) is 4.05. The third kappa shape index (κ3) is 1.53. The standard InChI is InChI=1S/C8H15NO2/c1-6-3-4-9(7(2)11)8(6)5-10/h6,8,10H,3-5H2,1-2H3/t6-,8+/m0/s1. The molecule has 0 unspecified atom stereocenters. The van der Waals surface area contributed by atoms with Crippen molar-refractivity contribution < 1.29 is 9.90 Å². The fraction of sp³-hybridized carbons (Fsp3) is 0.875. The Kier molecular flexibility index (Phi) is 2.49. The first-order valence-electron chi connectivity index (χ1n) is 4.05. The number of aliphatic hydroxyl groups is 1. The van der Waals surface area contributed by atoms with Gasteiger partial charge in [0.25, 0.3) is 0 Å². The molecule has 0 aromatic rings. The Morgan fingerprint density at radius 3 is 2.73 bits per heavy atom. The van der Waals surface area contributed by atoms with E-state index in [2.05, 4.69) is 6.92 Å². The van der Waals surface area contributed by atoms with Crippen LogP contribution in [-0.2, 0) is 4.79 Å². The van der Waals surface area contributed by atoms with Crippen molar-refractivity contribution in [1.82, 2.24) is 4.90 Å². The van der Waals surface area contributed by atoms with Gasteiger partial charge in [0.1, 0.15) is 0 Å². The molecule has 3 heteroatoms. The fourth-order valence-electron chi connectivity index (χ4n) is 1.68. The highest BCUT2D eigenvalue weighted by molar-refractivity contribution is 5.74. The summed E-state index contributed by atoms with van der Waals surface area (Å²) in [5, 5.41) is 8.96. The summed E-state index contributed by atoms with van der Waals surface area (Å²) in [5.74, 6) is 0.525. The summed E-state index contributed by atoms with van der Waals surface area (Å²) in [4.78, 5) is 12.7. The van der Waals surface area contributed by atoms with Crippen molar-refractivity contribution in [3.8, 4) is 0 Å². The minimum absolute atomic E-state index is 0.0625. The van der Waals surface area contributed by atoms with E-state index in [1.165, 1.54) is 0 Å². The lowest BCUT2D eigenvalue weighted by Gasteiger charge is -2.23. The predicted molar refractivity (Wildman–Crippen MR) is 42.0 cm³/mol. The van der Waals surface area contributed by atoms with Gasteiger partial charge in [0.05, 0.1) is 12.6 Å². The van der Waals surface area contributed by atoms with Crippen LogP contribution in [0.1, 0.15) is 20.3 Å². The molecule has 1 saturated heterocycles. The van der Waals surface area contributed by atoms with E-state index in [9.17, 15) is 4.79 Å². The summed E-state index contributed by atoms with van der Waals surface area (Å²) in [5.41, 5.74) is 0. The average molecular weight is 157 g/mol. The smallest absolute Gasteiger partial charge is 0.219 e. The molecule has 0 aromatic heterocycles. The Balaban J connectivity index is 2.61. The maximum Gasteiger partial charge on any atom is 0.219 e. The molecule has 1 heterocycles. The van der Waals surface area contributed by atoms with Crippen LogP contribution in [0.3, 0.4) is 0 Å². The molecule has 1 N–H and O–H groups in total. The summed E-state index contributed by atoms with van der Waals surface area (Å²) in [6.45, 7) is 4.53. The summed E-state index contributed by atoms with van der Waals surface area (Å²) in [7, 11) is 0. The monoisotopic (exact) mass is 157 g/mol. The van der Waals surface area contributed by atoms with E-state index in [1.54, 1.807) is 11.8 Å². The Labute approximate surface area is 67.0 Å². The van der Waals surface area contributed by atoms with Crippen molar-refractivity contribution >= 4 is 5.91 Å². The number of amides is 1. The van der Waals surface area contributed by atoms with Gasteiger partial charge in [-0.2, -0.15) is 0 Å². The second-order valence-electron chi connectivity index (χ2n) is 3.23. The Morgan fingerprint density at radius 1 is 1.73 bits per heavy atom. The van der Waals surface area contributed by atoms with Gasteiger partial charge in [-0.15, -0.1) is 0 Å². The van der Waals surface area contributed by atoms with Crippen LogP contribution in [0, 0.1) is 5.92 Å². The Bertz CT molecular complexity index is 158. The zero-order valence-electron chi connectivity index (χ0n) is 7.08. The molecule has 2 atom stereocenters. The van der Waals surface area contributed by atoms with Crippen molar-refractivity contribution in [1.29, 1.82) is 0 Å². The number of nitrogens with zero attached hydrogens (tertiary/aromatic N) is 1. The van der Waals surface area contributed by atoms with Crippen LogP contribution < -0.4 is 0 Å². The molecule has 0 radical (unpaired) electrons. The average Bonchev–Trinajstić information content (AvgIpc) is 2.30. The molecule has 1 aliphatic rings. The van der Waals surface area contributed by atoms with Crippen molar-refractivity contribution in [3.05, 3.63) is 0 Å². The highest BCUT2D eigenvalue weighted by Gasteiger charge is 2.31. The quantitative estimate of drug-likeness (QED) is 0.592. The van der Waals surface area contributed by atoms with E-state index in [0.717, 1.165) is 13.0 Å². The van der Waals surface area contributed by atoms with Crippen molar-refractivity contribution in [2.75, 3.05) is 13.2 Å². The molecule has 0 spiro atoms. The minimum Gasteiger partial charge on any atom is -0.394 e. The summed E-state index contributed by atoms with van der Waals surface area (Å²) >= 11 is 0. The molecule has 0 aromatic carbocycles. The van der Waals surface area contributed by atoms with Gasteiger partial charge in [0.15, 0.2) is 0 Å². The minimum atomic E-state index is 0.0625.